The third-order valence-corrected chi connectivity index (χ3v) is 5.20. The van der Waals surface area contributed by atoms with E-state index >= 15 is 0 Å². The van der Waals surface area contributed by atoms with Gasteiger partial charge in [0, 0.05) is 17.8 Å². The molecule has 0 aromatic heterocycles. The lowest BCUT2D eigenvalue weighted by Crippen LogP contribution is -2.38. The average molecular weight is 347 g/mol. The Hall–Kier alpha value is -2.34. The molecule has 0 bridgehead atoms. The van der Waals surface area contributed by atoms with Gasteiger partial charge in [0.25, 0.3) is 0 Å². The lowest BCUT2D eigenvalue weighted by Gasteiger charge is -2.20. The van der Waals surface area contributed by atoms with Gasteiger partial charge in [-0.25, -0.2) is 15.6 Å². The molecule has 0 atom stereocenters. The van der Waals surface area contributed by atoms with Gasteiger partial charge in [-0.2, -0.15) is 0 Å². The van der Waals surface area contributed by atoms with Crippen molar-refractivity contribution < 1.29 is 14.3 Å². The Balaban J connectivity index is 3.03. The number of rotatable bonds is 4. The van der Waals surface area contributed by atoms with Crippen molar-refractivity contribution in [3.63, 3.8) is 0 Å². The highest BCUT2D eigenvalue weighted by atomic mass is 16.5. The zero-order valence-electron chi connectivity index (χ0n) is 16.5. The number of allylic oxidation sites excluding steroid dienone is 1. The van der Waals surface area contributed by atoms with Crippen LogP contribution in [0.25, 0.3) is 0 Å². The molecule has 0 unspecified atom stereocenters. The predicted octanol–water partition coefficient (Wildman–Crippen LogP) is 3.08. The summed E-state index contributed by atoms with van der Waals surface area (Å²) in [5.41, 5.74) is 7.98. The van der Waals surface area contributed by atoms with E-state index in [-0.39, 0.29) is 5.91 Å². The van der Waals surface area contributed by atoms with Gasteiger partial charge in [-0.1, -0.05) is 0 Å². The molecule has 3 N–H and O–H groups in total. The maximum absolute atomic E-state index is 12.4. The lowest BCUT2D eigenvalue weighted by molar-refractivity contribution is -0.117. The Morgan fingerprint density at radius 3 is 1.84 bits per heavy atom. The highest BCUT2D eigenvalue weighted by Crippen LogP contribution is 2.26. The van der Waals surface area contributed by atoms with Crippen LogP contribution in [-0.2, 0) is 16.1 Å². The third-order valence-electron chi connectivity index (χ3n) is 5.20. The fourth-order valence-electron chi connectivity index (χ4n) is 2.72. The van der Waals surface area contributed by atoms with Crippen molar-refractivity contribution in [2.45, 2.75) is 55.0 Å². The maximum atomic E-state index is 12.4. The number of carbonyl (C=O) groups is 2. The number of ether oxygens (including phenoxy) is 1. The monoisotopic (exact) mass is 347 g/mol. The van der Waals surface area contributed by atoms with Crippen molar-refractivity contribution in [2.24, 2.45) is 5.84 Å². The van der Waals surface area contributed by atoms with Crippen LogP contribution in [0, 0.1) is 34.6 Å². The molecule has 0 saturated carbocycles. The van der Waals surface area contributed by atoms with E-state index in [0.717, 1.165) is 10.6 Å². The van der Waals surface area contributed by atoms with Crippen LogP contribution in [0.5, 0.6) is 0 Å². The minimum Gasteiger partial charge on any atom is -0.452 e. The zero-order valence-corrected chi connectivity index (χ0v) is 16.5. The lowest BCUT2D eigenvalue weighted by atomic mass is 9.89. The van der Waals surface area contributed by atoms with Crippen molar-refractivity contribution in [1.29, 1.82) is 0 Å². The summed E-state index contributed by atoms with van der Waals surface area (Å²) in [6.07, 6.45) is -0.721. The Kier molecular flexibility index (Phi) is 6.76. The van der Waals surface area contributed by atoms with Gasteiger partial charge < -0.3 is 10.1 Å². The summed E-state index contributed by atoms with van der Waals surface area (Å²) in [7, 11) is 1.23. The van der Waals surface area contributed by atoms with Gasteiger partial charge in [0.1, 0.15) is 0 Å². The highest BCUT2D eigenvalue weighted by Gasteiger charge is 2.18. The fourth-order valence-corrected chi connectivity index (χ4v) is 2.72. The molecule has 0 spiro atoms. The minimum atomic E-state index is -0.721. The van der Waals surface area contributed by atoms with Crippen molar-refractivity contribution in [3.05, 3.63) is 44.7 Å². The van der Waals surface area contributed by atoms with E-state index in [4.69, 9.17) is 5.84 Å². The Labute approximate surface area is 150 Å². The zero-order chi connectivity index (χ0) is 19.5. The van der Waals surface area contributed by atoms with Crippen molar-refractivity contribution >= 4 is 12.0 Å². The molecule has 1 aromatic rings. The second kappa shape index (κ2) is 8.16. The van der Waals surface area contributed by atoms with Crippen molar-refractivity contribution in [3.8, 4) is 0 Å². The van der Waals surface area contributed by atoms with E-state index in [0.29, 0.717) is 17.8 Å². The number of hydrazine groups is 1. The second-order valence-corrected chi connectivity index (χ2v) is 6.34. The van der Waals surface area contributed by atoms with E-state index < -0.39 is 6.09 Å². The van der Waals surface area contributed by atoms with Gasteiger partial charge >= 0.3 is 6.09 Å². The van der Waals surface area contributed by atoms with Gasteiger partial charge in [-0.15, -0.1) is 0 Å². The van der Waals surface area contributed by atoms with Crippen molar-refractivity contribution in [2.75, 3.05) is 7.11 Å². The molecule has 6 nitrogen and oxygen atoms in total. The quantitative estimate of drug-likeness (QED) is 0.379. The number of benzene rings is 1. The van der Waals surface area contributed by atoms with E-state index in [2.05, 4.69) is 44.7 Å². The SMILES string of the molecule is COC(=O)N(N)/C(C)=C(/C)C(=O)NCc1c(C)c(C)c(C)c(C)c1C. The molecule has 2 amide bonds. The largest absolute Gasteiger partial charge is 0.452 e. The summed E-state index contributed by atoms with van der Waals surface area (Å²) in [6, 6.07) is 0. The molecule has 138 valence electrons. The normalized spacial score (nSPS) is 11.7. The van der Waals surface area contributed by atoms with Crippen LogP contribution in [0.2, 0.25) is 0 Å². The highest BCUT2D eigenvalue weighted by molar-refractivity contribution is 5.94. The van der Waals surface area contributed by atoms with Crippen LogP contribution in [0.15, 0.2) is 11.3 Å². The summed E-state index contributed by atoms with van der Waals surface area (Å²) in [4.78, 5) is 23.9. The van der Waals surface area contributed by atoms with Gasteiger partial charge in [0.2, 0.25) is 5.91 Å². The molecule has 0 fully saturated rings. The first-order valence-electron chi connectivity index (χ1n) is 8.18. The number of amides is 2. The van der Waals surface area contributed by atoms with Crippen LogP contribution >= 0.6 is 0 Å². The third kappa shape index (κ3) is 4.20. The summed E-state index contributed by atoms with van der Waals surface area (Å²) < 4.78 is 4.56. The molecule has 0 aliphatic heterocycles. The number of nitrogens with one attached hydrogen (secondary N) is 1. The number of nitrogens with two attached hydrogens (primary N) is 1. The number of hydrogen-bond donors (Lipinski definition) is 2. The Morgan fingerprint density at radius 2 is 1.40 bits per heavy atom. The van der Waals surface area contributed by atoms with E-state index in [1.165, 1.54) is 34.9 Å². The number of methoxy groups -OCH3 is 1. The molecule has 6 heteroatoms. The average Bonchev–Trinajstić information content (AvgIpc) is 2.61. The molecule has 1 aromatic carbocycles. The molecule has 0 aliphatic rings. The second-order valence-electron chi connectivity index (χ2n) is 6.34. The van der Waals surface area contributed by atoms with E-state index in [1.54, 1.807) is 13.8 Å². The first-order valence-corrected chi connectivity index (χ1v) is 8.18. The van der Waals surface area contributed by atoms with Crippen LogP contribution in [0.3, 0.4) is 0 Å². The molecule has 0 radical (unpaired) electrons. The minimum absolute atomic E-state index is 0.272. The molecular weight excluding hydrogens is 318 g/mol. The van der Waals surface area contributed by atoms with Crippen LogP contribution in [-0.4, -0.2) is 24.1 Å². The Bertz CT molecular complexity index is 707. The standard InChI is InChI=1S/C19H29N3O3/c1-10-11(2)13(4)17(14(5)12(10)3)9-21-18(23)15(6)16(7)22(20)19(24)25-8/h9,20H2,1-8H3,(H,21,23)/b16-15-. The smallest absolute Gasteiger partial charge is 0.428 e. The van der Waals surface area contributed by atoms with Gasteiger partial charge in [0.15, 0.2) is 0 Å². The summed E-state index contributed by atoms with van der Waals surface area (Å²) >= 11 is 0. The van der Waals surface area contributed by atoms with Gasteiger partial charge in [-0.05, 0) is 81.8 Å². The first kappa shape index (κ1) is 20.7. The summed E-state index contributed by atoms with van der Waals surface area (Å²) in [6.45, 7) is 14.1. The topological polar surface area (TPSA) is 84.7 Å². The number of carbonyl (C=O) groups excluding carboxylic acids is 2. The maximum Gasteiger partial charge on any atom is 0.428 e. The van der Waals surface area contributed by atoms with Crippen LogP contribution in [0.4, 0.5) is 4.79 Å². The molecule has 0 heterocycles. The van der Waals surface area contributed by atoms with Gasteiger partial charge in [0.05, 0.1) is 7.11 Å². The number of hydrogen-bond acceptors (Lipinski definition) is 4. The number of nitrogens with zero attached hydrogens (tertiary/aromatic N) is 1. The molecule has 25 heavy (non-hydrogen) atoms. The van der Waals surface area contributed by atoms with Crippen molar-refractivity contribution in [1.82, 2.24) is 10.3 Å². The molecule has 0 aliphatic carbocycles. The molecular formula is C19H29N3O3. The summed E-state index contributed by atoms with van der Waals surface area (Å²) in [5, 5.41) is 3.74. The van der Waals surface area contributed by atoms with E-state index in [9.17, 15) is 9.59 Å². The van der Waals surface area contributed by atoms with E-state index in [1.807, 2.05) is 0 Å². The Morgan fingerprint density at radius 1 is 0.960 bits per heavy atom. The predicted molar refractivity (Wildman–Crippen MR) is 98.8 cm³/mol. The molecule has 1 rings (SSSR count). The fraction of sp³-hybridized carbons (Fsp3) is 0.474. The van der Waals surface area contributed by atoms with Crippen LogP contribution in [0.1, 0.15) is 47.2 Å². The first-order chi connectivity index (χ1) is 11.5. The summed E-state index contributed by atoms with van der Waals surface area (Å²) in [5.74, 6) is 5.37. The van der Waals surface area contributed by atoms with Crippen LogP contribution < -0.4 is 11.2 Å². The molecule has 0 saturated heterocycles. The van der Waals surface area contributed by atoms with Gasteiger partial charge in [-0.3, -0.25) is 4.79 Å².